The number of hydrogen-bond acceptors (Lipinski definition) is 7. The molecule has 2 amide bonds. The molecule has 1 aromatic heterocycles. The van der Waals surface area contributed by atoms with Gasteiger partial charge in [0.25, 0.3) is 0 Å². The monoisotopic (exact) mass is 415 g/mol. The molecular formula is C18H14FN5O2S2. The number of fused-ring (bicyclic) bond motifs is 1. The maximum absolute atomic E-state index is 13.7. The molecule has 142 valence electrons. The van der Waals surface area contributed by atoms with Crippen molar-refractivity contribution in [1.82, 2.24) is 10.2 Å². The van der Waals surface area contributed by atoms with Crippen molar-refractivity contribution in [3.63, 3.8) is 0 Å². The first-order valence-corrected chi connectivity index (χ1v) is 10.1. The summed E-state index contributed by atoms with van der Waals surface area (Å²) in [7, 11) is 0. The largest absolute Gasteiger partial charge is 0.328 e. The number of hydrogen-bond donors (Lipinski definition) is 2. The van der Waals surface area contributed by atoms with Gasteiger partial charge in [0.2, 0.25) is 16.9 Å². The van der Waals surface area contributed by atoms with Gasteiger partial charge in [-0.2, -0.15) is 0 Å². The molecule has 2 aromatic carbocycles. The number of thioether (sulfide) groups is 1. The second-order valence-electron chi connectivity index (χ2n) is 5.81. The van der Waals surface area contributed by atoms with E-state index < -0.39 is 0 Å². The van der Waals surface area contributed by atoms with E-state index in [1.807, 2.05) is 6.07 Å². The van der Waals surface area contributed by atoms with Gasteiger partial charge in [-0.1, -0.05) is 47.4 Å². The maximum atomic E-state index is 13.7. The second-order valence-corrected chi connectivity index (χ2v) is 8.01. The molecule has 0 saturated heterocycles. The first kappa shape index (κ1) is 18.4. The Labute approximate surface area is 168 Å². The summed E-state index contributed by atoms with van der Waals surface area (Å²) in [6.45, 7) is -0.0212. The summed E-state index contributed by atoms with van der Waals surface area (Å²) in [5, 5.41) is 14.0. The molecule has 0 aliphatic carbocycles. The number of carbonyl (C=O) groups is 2. The topological polar surface area (TPSA) is 87.2 Å². The van der Waals surface area contributed by atoms with Crippen LogP contribution in [0.5, 0.6) is 0 Å². The lowest BCUT2D eigenvalue weighted by Crippen LogP contribution is -2.43. The molecule has 2 N–H and O–H groups in total. The van der Waals surface area contributed by atoms with Gasteiger partial charge in [0.05, 0.1) is 22.8 Å². The van der Waals surface area contributed by atoms with E-state index in [1.165, 1.54) is 34.1 Å². The highest BCUT2D eigenvalue weighted by molar-refractivity contribution is 8.01. The standard InChI is InChI=1S/C18H14FN5O2S2/c19-11-5-1-2-6-12(11)21-17-22-23-18(28-17)27-10-16(26)24-9-15(25)20-13-7-3-4-8-14(13)24/h1-8H,9-10H2,(H,20,25)(H,21,22). The van der Waals surface area contributed by atoms with Crippen LogP contribution in [0, 0.1) is 5.82 Å². The van der Waals surface area contributed by atoms with E-state index in [0.29, 0.717) is 26.5 Å². The van der Waals surface area contributed by atoms with Crippen molar-refractivity contribution >= 4 is 57.1 Å². The fraction of sp³-hybridized carbons (Fsp3) is 0.111. The predicted molar refractivity (Wildman–Crippen MR) is 108 cm³/mol. The highest BCUT2D eigenvalue weighted by Crippen LogP contribution is 2.32. The third-order valence-electron chi connectivity index (χ3n) is 3.91. The number of anilines is 4. The number of rotatable bonds is 5. The Morgan fingerprint density at radius 3 is 2.86 bits per heavy atom. The summed E-state index contributed by atoms with van der Waals surface area (Å²) >= 11 is 2.45. The van der Waals surface area contributed by atoms with E-state index >= 15 is 0 Å². The van der Waals surface area contributed by atoms with Crippen LogP contribution < -0.4 is 15.5 Å². The third-order valence-corrected chi connectivity index (χ3v) is 5.87. The minimum Gasteiger partial charge on any atom is -0.328 e. The summed E-state index contributed by atoms with van der Waals surface area (Å²) in [4.78, 5) is 25.9. The zero-order valence-electron chi connectivity index (χ0n) is 14.4. The highest BCUT2D eigenvalue weighted by Gasteiger charge is 2.26. The smallest absolute Gasteiger partial charge is 0.244 e. The average molecular weight is 415 g/mol. The predicted octanol–water partition coefficient (Wildman–Crippen LogP) is 3.50. The van der Waals surface area contributed by atoms with Crippen LogP contribution in [0.2, 0.25) is 0 Å². The van der Waals surface area contributed by atoms with E-state index in [4.69, 9.17) is 0 Å². The first-order valence-electron chi connectivity index (χ1n) is 8.27. The van der Waals surface area contributed by atoms with Gasteiger partial charge in [-0.05, 0) is 24.3 Å². The molecule has 0 bridgehead atoms. The lowest BCUT2D eigenvalue weighted by molar-refractivity contribution is -0.120. The summed E-state index contributed by atoms with van der Waals surface area (Å²) in [5.41, 5.74) is 1.60. The number of carbonyl (C=O) groups excluding carboxylic acids is 2. The number of nitrogens with one attached hydrogen (secondary N) is 2. The molecule has 10 heteroatoms. The van der Waals surface area contributed by atoms with Crippen molar-refractivity contribution in [2.45, 2.75) is 4.34 Å². The van der Waals surface area contributed by atoms with Crippen molar-refractivity contribution in [1.29, 1.82) is 0 Å². The Morgan fingerprint density at radius 1 is 1.21 bits per heavy atom. The minimum atomic E-state index is -0.385. The molecule has 0 spiro atoms. The van der Waals surface area contributed by atoms with Crippen LogP contribution in [-0.4, -0.2) is 34.3 Å². The molecule has 1 aliphatic rings. The first-order chi connectivity index (χ1) is 13.6. The molecule has 0 radical (unpaired) electrons. The molecule has 0 fully saturated rings. The Morgan fingerprint density at radius 2 is 2.00 bits per heavy atom. The molecule has 0 unspecified atom stereocenters. The lowest BCUT2D eigenvalue weighted by Gasteiger charge is -2.28. The summed E-state index contributed by atoms with van der Waals surface area (Å²) in [6, 6.07) is 13.4. The zero-order valence-corrected chi connectivity index (χ0v) is 16.0. The van der Waals surface area contributed by atoms with Crippen molar-refractivity contribution in [3.8, 4) is 0 Å². The summed E-state index contributed by atoms with van der Waals surface area (Å²) in [5.74, 6) is -0.713. The van der Waals surface area contributed by atoms with E-state index in [0.717, 1.165) is 0 Å². The van der Waals surface area contributed by atoms with Crippen LogP contribution in [0.3, 0.4) is 0 Å². The van der Waals surface area contributed by atoms with Crippen LogP contribution in [-0.2, 0) is 9.59 Å². The lowest BCUT2D eigenvalue weighted by atomic mass is 10.2. The van der Waals surface area contributed by atoms with Crippen LogP contribution in [0.15, 0.2) is 52.9 Å². The molecule has 2 heterocycles. The van der Waals surface area contributed by atoms with Gasteiger partial charge in [-0.15, -0.1) is 10.2 Å². The minimum absolute atomic E-state index is 0.0212. The van der Waals surface area contributed by atoms with Gasteiger partial charge in [-0.25, -0.2) is 4.39 Å². The molecule has 1 aliphatic heterocycles. The van der Waals surface area contributed by atoms with E-state index in [2.05, 4.69) is 20.8 Å². The van der Waals surface area contributed by atoms with Gasteiger partial charge < -0.3 is 15.5 Å². The Kier molecular flexibility index (Phi) is 5.22. The number of benzene rings is 2. The normalized spacial score (nSPS) is 13.0. The number of halogens is 1. The Bertz CT molecular complexity index is 1040. The van der Waals surface area contributed by atoms with E-state index in [1.54, 1.807) is 36.4 Å². The zero-order chi connectivity index (χ0) is 19.5. The SMILES string of the molecule is O=C1CN(C(=O)CSc2nnc(Nc3ccccc3F)s2)c2ccccc2N1. The Balaban J connectivity index is 1.40. The van der Waals surface area contributed by atoms with Gasteiger partial charge in [-0.3, -0.25) is 9.59 Å². The molecule has 28 heavy (non-hydrogen) atoms. The quantitative estimate of drug-likeness (QED) is 0.621. The van der Waals surface area contributed by atoms with Crippen LogP contribution in [0.4, 0.5) is 26.6 Å². The average Bonchev–Trinajstić information content (AvgIpc) is 3.14. The third kappa shape index (κ3) is 3.97. The number of nitrogens with zero attached hydrogens (tertiary/aromatic N) is 3. The summed E-state index contributed by atoms with van der Waals surface area (Å²) < 4.78 is 14.3. The molecule has 7 nitrogen and oxygen atoms in total. The van der Waals surface area contributed by atoms with E-state index in [-0.39, 0.29) is 29.9 Å². The molecule has 0 atom stereocenters. The Hall–Kier alpha value is -2.98. The van der Waals surface area contributed by atoms with Crippen LogP contribution in [0.1, 0.15) is 0 Å². The molecule has 4 rings (SSSR count). The van der Waals surface area contributed by atoms with Crippen molar-refractivity contribution in [2.75, 3.05) is 27.8 Å². The van der Waals surface area contributed by atoms with Crippen molar-refractivity contribution in [2.24, 2.45) is 0 Å². The maximum Gasteiger partial charge on any atom is 0.244 e. The van der Waals surface area contributed by atoms with Crippen molar-refractivity contribution in [3.05, 3.63) is 54.3 Å². The van der Waals surface area contributed by atoms with Gasteiger partial charge >= 0.3 is 0 Å². The fourth-order valence-electron chi connectivity index (χ4n) is 2.65. The van der Waals surface area contributed by atoms with Crippen LogP contribution in [0.25, 0.3) is 0 Å². The van der Waals surface area contributed by atoms with Gasteiger partial charge in [0.1, 0.15) is 12.4 Å². The second kappa shape index (κ2) is 7.95. The van der Waals surface area contributed by atoms with Crippen LogP contribution >= 0.6 is 23.1 Å². The number of para-hydroxylation sites is 3. The fourth-order valence-corrected chi connectivity index (χ4v) is 4.29. The molecule has 0 saturated carbocycles. The molecular weight excluding hydrogens is 401 g/mol. The number of amides is 2. The van der Waals surface area contributed by atoms with E-state index in [9.17, 15) is 14.0 Å². The summed E-state index contributed by atoms with van der Waals surface area (Å²) in [6.07, 6.45) is 0. The van der Waals surface area contributed by atoms with Crippen molar-refractivity contribution < 1.29 is 14.0 Å². The highest BCUT2D eigenvalue weighted by atomic mass is 32.2. The van der Waals surface area contributed by atoms with Gasteiger partial charge in [0.15, 0.2) is 4.34 Å². The molecule has 3 aromatic rings. The van der Waals surface area contributed by atoms with Gasteiger partial charge in [0, 0.05) is 0 Å². The number of aromatic nitrogens is 2.